The van der Waals surface area contributed by atoms with Crippen LogP contribution in [0.4, 0.5) is 0 Å². The number of amides is 3. The Labute approximate surface area is 172 Å². The van der Waals surface area contributed by atoms with Crippen LogP contribution >= 0.6 is 0 Å². The molecule has 0 saturated carbocycles. The third kappa shape index (κ3) is 10.9. The molecule has 170 valence electrons. The minimum Gasteiger partial charge on any atom is -0.481 e. The molecule has 0 aromatic carbocycles. The van der Waals surface area contributed by atoms with Gasteiger partial charge < -0.3 is 37.0 Å². The van der Waals surface area contributed by atoms with E-state index in [2.05, 4.69) is 10.6 Å². The number of carbonyl (C=O) groups excluding carboxylic acids is 3. The van der Waals surface area contributed by atoms with Gasteiger partial charge in [0.1, 0.15) is 18.1 Å². The van der Waals surface area contributed by atoms with E-state index in [4.69, 9.17) is 21.1 Å². The Bertz CT molecular complexity index is 666. The summed E-state index contributed by atoms with van der Waals surface area (Å²) >= 11 is 0. The van der Waals surface area contributed by atoms with Crippen molar-refractivity contribution in [1.29, 1.82) is 0 Å². The molecule has 0 aliphatic rings. The number of carboxylic acids is 3. The molecule has 13 heteroatoms. The second-order valence-corrected chi connectivity index (χ2v) is 6.94. The van der Waals surface area contributed by atoms with Crippen molar-refractivity contribution in [1.82, 2.24) is 16.0 Å². The van der Waals surface area contributed by atoms with E-state index < -0.39 is 73.0 Å². The summed E-state index contributed by atoms with van der Waals surface area (Å²) in [5.74, 6) is -6.87. The number of hydrogen-bond donors (Lipinski definition) is 7. The van der Waals surface area contributed by atoms with E-state index in [-0.39, 0.29) is 18.9 Å². The monoisotopic (exact) mass is 432 g/mol. The van der Waals surface area contributed by atoms with E-state index in [0.29, 0.717) is 0 Å². The van der Waals surface area contributed by atoms with Crippen LogP contribution in [0.3, 0.4) is 0 Å². The molecule has 13 nitrogen and oxygen atoms in total. The van der Waals surface area contributed by atoms with Gasteiger partial charge in [-0.2, -0.15) is 0 Å². The van der Waals surface area contributed by atoms with Crippen LogP contribution in [0.2, 0.25) is 0 Å². The summed E-state index contributed by atoms with van der Waals surface area (Å²) in [6.45, 7) is 3.16. The average molecular weight is 432 g/mol. The van der Waals surface area contributed by atoms with Crippen LogP contribution in [0.5, 0.6) is 0 Å². The number of carbonyl (C=O) groups is 6. The number of nitrogens with one attached hydrogen (secondary N) is 3. The lowest BCUT2D eigenvalue weighted by molar-refractivity contribution is -0.144. The van der Waals surface area contributed by atoms with E-state index in [1.54, 1.807) is 13.8 Å². The van der Waals surface area contributed by atoms with Crippen molar-refractivity contribution in [2.75, 3.05) is 6.54 Å². The quantitative estimate of drug-likeness (QED) is 0.158. The summed E-state index contributed by atoms with van der Waals surface area (Å²) in [5, 5.41) is 33.4. The Morgan fingerprint density at radius 1 is 0.800 bits per heavy atom. The molecule has 3 atom stereocenters. The van der Waals surface area contributed by atoms with E-state index in [0.717, 1.165) is 0 Å². The largest absolute Gasteiger partial charge is 0.481 e. The van der Waals surface area contributed by atoms with Crippen molar-refractivity contribution < 1.29 is 44.1 Å². The lowest BCUT2D eigenvalue weighted by Gasteiger charge is -2.24. The third-order valence-corrected chi connectivity index (χ3v) is 3.82. The Hall–Kier alpha value is -3.22. The smallest absolute Gasteiger partial charge is 0.326 e. The highest BCUT2D eigenvalue weighted by Gasteiger charge is 2.31. The van der Waals surface area contributed by atoms with Crippen LogP contribution in [0, 0.1) is 5.92 Å². The molecule has 0 aromatic heterocycles. The summed E-state index contributed by atoms with van der Waals surface area (Å²) in [6, 6.07) is -4.33. The number of nitrogens with two attached hydrogens (primary N) is 1. The van der Waals surface area contributed by atoms with Crippen LogP contribution in [-0.2, 0) is 28.8 Å². The first-order valence-corrected chi connectivity index (χ1v) is 9.13. The first kappa shape index (κ1) is 26.8. The third-order valence-electron chi connectivity index (χ3n) is 3.82. The van der Waals surface area contributed by atoms with Gasteiger partial charge in [-0.05, 0) is 18.8 Å². The van der Waals surface area contributed by atoms with E-state index >= 15 is 0 Å². The van der Waals surface area contributed by atoms with Gasteiger partial charge in [0.25, 0.3) is 0 Å². The Morgan fingerprint density at radius 2 is 1.33 bits per heavy atom. The van der Waals surface area contributed by atoms with Crippen molar-refractivity contribution in [3.63, 3.8) is 0 Å². The molecule has 0 aliphatic heterocycles. The molecule has 3 amide bonds. The first-order valence-electron chi connectivity index (χ1n) is 9.13. The van der Waals surface area contributed by atoms with Crippen molar-refractivity contribution in [2.45, 2.75) is 57.7 Å². The fourth-order valence-corrected chi connectivity index (χ4v) is 2.41. The maximum Gasteiger partial charge on any atom is 0.326 e. The van der Waals surface area contributed by atoms with Crippen LogP contribution in [-0.4, -0.2) is 75.6 Å². The molecule has 0 heterocycles. The maximum atomic E-state index is 12.5. The van der Waals surface area contributed by atoms with Gasteiger partial charge in [-0.15, -0.1) is 0 Å². The van der Waals surface area contributed by atoms with Crippen molar-refractivity contribution >= 4 is 35.6 Å². The molecule has 0 fully saturated rings. The highest BCUT2D eigenvalue weighted by atomic mass is 16.4. The molecule has 0 saturated heterocycles. The minimum absolute atomic E-state index is 0.0435. The summed E-state index contributed by atoms with van der Waals surface area (Å²) in [5.41, 5.74) is 5.22. The summed E-state index contributed by atoms with van der Waals surface area (Å²) < 4.78 is 0. The summed E-state index contributed by atoms with van der Waals surface area (Å²) in [7, 11) is 0. The molecule has 0 radical (unpaired) electrons. The van der Waals surface area contributed by atoms with E-state index in [1.807, 2.05) is 5.32 Å². The molecule has 30 heavy (non-hydrogen) atoms. The minimum atomic E-state index is -1.65. The zero-order valence-electron chi connectivity index (χ0n) is 16.7. The fourth-order valence-electron chi connectivity index (χ4n) is 2.41. The van der Waals surface area contributed by atoms with Crippen LogP contribution < -0.4 is 21.7 Å². The van der Waals surface area contributed by atoms with Gasteiger partial charge in [0.15, 0.2) is 0 Å². The second-order valence-electron chi connectivity index (χ2n) is 6.94. The van der Waals surface area contributed by atoms with E-state index in [1.165, 1.54) is 0 Å². The topological polar surface area (TPSA) is 225 Å². The Balaban J connectivity index is 5.38. The molecular formula is C17H28N4O9. The standard InChI is InChI=1S/C17H28N4O9/c1-8(2)5-10(19-12(22)7-18)15(27)21-11(6-14(25)26)16(28)20-9(17(29)30)3-4-13(23)24/h8-11H,3-7,18H2,1-2H3,(H,19,22)(H,20,28)(H,21,27)(H,23,24)(H,25,26)(H,29,30). The maximum absolute atomic E-state index is 12.5. The SMILES string of the molecule is CC(C)CC(NC(=O)CN)C(=O)NC(CC(=O)O)C(=O)NC(CCC(=O)O)C(=O)O. The average Bonchev–Trinajstić information content (AvgIpc) is 2.62. The first-order chi connectivity index (χ1) is 13.9. The Kier molecular flexibility index (Phi) is 11.7. The van der Waals surface area contributed by atoms with Crippen LogP contribution in [0.15, 0.2) is 0 Å². The summed E-state index contributed by atoms with van der Waals surface area (Å²) in [6.07, 6.45) is -1.67. The Morgan fingerprint density at radius 3 is 1.77 bits per heavy atom. The second kappa shape index (κ2) is 13.1. The normalized spacial score (nSPS) is 13.6. The predicted octanol–water partition coefficient (Wildman–Crippen LogP) is -2.13. The molecule has 0 spiro atoms. The van der Waals surface area contributed by atoms with Crippen molar-refractivity contribution in [3.05, 3.63) is 0 Å². The van der Waals surface area contributed by atoms with E-state index in [9.17, 15) is 28.8 Å². The highest BCUT2D eigenvalue weighted by Crippen LogP contribution is 2.07. The predicted molar refractivity (Wildman–Crippen MR) is 101 cm³/mol. The zero-order valence-corrected chi connectivity index (χ0v) is 16.7. The van der Waals surface area contributed by atoms with Gasteiger partial charge in [0, 0.05) is 6.42 Å². The van der Waals surface area contributed by atoms with Crippen LogP contribution in [0.25, 0.3) is 0 Å². The van der Waals surface area contributed by atoms with Gasteiger partial charge in [-0.25, -0.2) is 4.79 Å². The van der Waals surface area contributed by atoms with Gasteiger partial charge >= 0.3 is 17.9 Å². The molecule has 0 aromatic rings. The van der Waals surface area contributed by atoms with Crippen molar-refractivity contribution in [2.24, 2.45) is 11.7 Å². The van der Waals surface area contributed by atoms with Crippen molar-refractivity contribution in [3.8, 4) is 0 Å². The number of aliphatic carboxylic acids is 3. The number of carboxylic acid groups (broad SMARTS) is 3. The summed E-state index contributed by atoms with van der Waals surface area (Å²) in [4.78, 5) is 69.4. The lowest BCUT2D eigenvalue weighted by Crippen LogP contribution is -2.56. The molecule has 8 N–H and O–H groups in total. The zero-order chi connectivity index (χ0) is 23.4. The molecule has 3 unspecified atom stereocenters. The van der Waals surface area contributed by atoms with Gasteiger partial charge in [0.05, 0.1) is 13.0 Å². The number of rotatable bonds is 14. The molecular weight excluding hydrogens is 404 g/mol. The molecule has 0 bridgehead atoms. The van der Waals surface area contributed by atoms with Gasteiger partial charge in [-0.3, -0.25) is 24.0 Å². The van der Waals surface area contributed by atoms with Crippen LogP contribution in [0.1, 0.15) is 39.5 Å². The molecule has 0 rings (SSSR count). The van der Waals surface area contributed by atoms with Gasteiger partial charge in [0.2, 0.25) is 17.7 Å². The highest BCUT2D eigenvalue weighted by molar-refractivity contribution is 5.95. The lowest BCUT2D eigenvalue weighted by atomic mass is 10.0. The number of hydrogen-bond acceptors (Lipinski definition) is 7. The fraction of sp³-hybridized carbons (Fsp3) is 0.647. The molecule has 0 aliphatic carbocycles. The van der Waals surface area contributed by atoms with Gasteiger partial charge in [-0.1, -0.05) is 13.8 Å².